The van der Waals surface area contributed by atoms with Gasteiger partial charge in [0.2, 0.25) is 5.76 Å². The van der Waals surface area contributed by atoms with Crippen LogP contribution in [0.15, 0.2) is 44.8 Å². The lowest BCUT2D eigenvalue weighted by molar-refractivity contribution is -0.129. The summed E-state index contributed by atoms with van der Waals surface area (Å²) >= 11 is 3.89. The van der Waals surface area contributed by atoms with Gasteiger partial charge >= 0.3 is 6.18 Å². The smallest absolute Gasteiger partial charge is 0.450 e. The Bertz CT molecular complexity index is 389. The lowest BCUT2D eigenvalue weighted by atomic mass is 10.4. The molecule has 0 aliphatic rings. The second-order valence-corrected chi connectivity index (χ2v) is 5.35. The first-order chi connectivity index (χ1) is 7.95. The highest BCUT2D eigenvalue weighted by Crippen LogP contribution is 2.40. The molecule has 0 bridgehead atoms. The molecule has 17 heavy (non-hydrogen) atoms. The third kappa shape index (κ3) is 4.63. The van der Waals surface area contributed by atoms with E-state index in [0.717, 1.165) is 11.8 Å². The van der Waals surface area contributed by atoms with Gasteiger partial charge in [-0.25, -0.2) is 0 Å². The van der Waals surface area contributed by atoms with Crippen molar-refractivity contribution in [3.63, 3.8) is 0 Å². The van der Waals surface area contributed by atoms with Gasteiger partial charge in [0.1, 0.15) is 3.81 Å². The van der Waals surface area contributed by atoms with Gasteiger partial charge in [-0.3, -0.25) is 0 Å². The van der Waals surface area contributed by atoms with E-state index in [1.165, 1.54) is 6.92 Å². The SMILES string of the molecule is CCO/C(=C(/Br)Sc1ccccc1)C(F)(F)F. The van der Waals surface area contributed by atoms with Crippen molar-refractivity contribution < 1.29 is 17.9 Å². The van der Waals surface area contributed by atoms with Crippen molar-refractivity contribution in [3.05, 3.63) is 39.9 Å². The highest BCUT2D eigenvalue weighted by Gasteiger charge is 2.38. The van der Waals surface area contributed by atoms with E-state index in [2.05, 4.69) is 20.7 Å². The zero-order valence-electron chi connectivity index (χ0n) is 8.92. The number of alkyl halides is 3. The van der Waals surface area contributed by atoms with Crippen LogP contribution < -0.4 is 0 Å². The number of rotatable bonds is 4. The van der Waals surface area contributed by atoms with Gasteiger partial charge in [0.25, 0.3) is 0 Å². The summed E-state index contributed by atoms with van der Waals surface area (Å²) in [6.45, 7) is 1.48. The van der Waals surface area contributed by atoms with Crippen molar-refractivity contribution in [2.75, 3.05) is 6.61 Å². The molecule has 0 unspecified atom stereocenters. The Morgan fingerprint density at radius 3 is 2.35 bits per heavy atom. The molecule has 0 spiro atoms. The monoisotopic (exact) mass is 326 g/mol. The molecule has 0 aliphatic heterocycles. The van der Waals surface area contributed by atoms with Crippen LogP contribution in [-0.2, 0) is 4.74 Å². The third-order valence-electron chi connectivity index (χ3n) is 1.68. The van der Waals surface area contributed by atoms with Crippen LogP contribution >= 0.6 is 27.7 Å². The van der Waals surface area contributed by atoms with Crippen molar-refractivity contribution in [3.8, 4) is 0 Å². The topological polar surface area (TPSA) is 9.23 Å². The molecule has 1 aromatic rings. The van der Waals surface area contributed by atoms with Crippen molar-refractivity contribution in [1.29, 1.82) is 0 Å². The van der Waals surface area contributed by atoms with Crippen LogP contribution in [0.2, 0.25) is 0 Å². The molecular weight excluding hydrogens is 317 g/mol. The van der Waals surface area contributed by atoms with Crippen molar-refractivity contribution in [2.45, 2.75) is 18.0 Å². The van der Waals surface area contributed by atoms with Gasteiger partial charge in [0.15, 0.2) is 0 Å². The fourth-order valence-corrected chi connectivity index (χ4v) is 2.70. The van der Waals surface area contributed by atoms with Gasteiger partial charge in [-0.05, 0) is 35.0 Å². The summed E-state index contributed by atoms with van der Waals surface area (Å²) in [4.78, 5) is 0.709. The molecule has 0 N–H and O–H groups in total. The van der Waals surface area contributed by atoms with Crippen molar-refractivity contribution >= 4 is 27.7 Å². The summed E-state index contributed by atoms with van der Waals surface area (Å²) < 4.78 is 42.5. The fraction of sp³-hybridized carbons (Fsp3) is 0.273. The largest absolute Gasteiger partial charge is 0.488 e. The first kappa shape index (κ1) is 14.4. The van der Waals surface area contributed by atoms with E-state index in [4.69, 9.17) is 0 Å². The normalized spacial score (nSPS) is 13.2. The number of allylic oxidation sites excluding steroid dienone is 1. The van der Waals surface area contributed by atoms with E-state index in [0.29, 0.717) is 4.90 Å². The Morgan fingerprint density at radius 1 is 1.29 bits per heavy atom. The number of ether oxygens (including phenoxy) is 1. The maximum Gasteiger partial charge on any atom is 0.450 e. The quantitative estimate of drug-likeness (QED) is 0.572. The number of halogens is 4. The summed E-state index contributed by atoms with van der Waals surface area (Å²) in [6.07, 6.45) is -4.49. The van der Waals surface area contributed by atoms with E-state index in [9.17, 15) is 13.2 Å². The van der Waals surface area contributed by atoms with Gasteiger partial charge in [-0.15, -0.1) is 0 Å². The Balaban J connectivity index is 2.93. The van der Waals surface area contributed by atoms with Crippen LogP contribution in [0.25, 0.3) is 0 Å². The maximum absolute atomic E-state index is 12.6. The second kappa shape index (κ2) is 6.35. The van der Waals surface area contributed by atoms with Crippen LogP contribution in [0, 0.1) is 0 Å². The minimum atomic E-state index is -4.49. The molecule has 1 aromatic carbocycles. The van der Waals surface area contributed by atoms with Gasteiger partial charge in [-0.1, -0.05) is 30.0 Å². The zero-order chi connectivity index (χ0) is 12.9. The molecule has 0 saturated carbocycles. The summed E-state index contributed by atoms with van der Waals surface area (Å²) in [6, 6.07) is 8.78. The summed E-state index contributed by atoms with van der Waals surface area (Å²) in [7, 11) is 0. The molecule has 1 rings (SSSR count). The highest BCUT2D eigenvalue weighted by atomic mass is 79.9. The number of hydrogen-bond acceptors (Lipinski definition) is 2. The fourth-order valence-electron chi connectivity index (χ4n) is 1.03. The molecular formula is C11H10BrF3OS. The summed E-state index contributed by atoms with van der Waals surface area (Å²) in [5.41, 5.74) is 0. The molecule has 0 aliphatic carbocycles. The van der Waals surface area contributed by atoms with Crippen LogP contribution in [0.4, 0.5) is 13.2 Å². The van der Waals surface area contributed by atoms with Crippen LogP contribution in [0.3, 0.4) is 0 Å². The Morgan fingerprint density at radius 2 is 1.88 bits per heavy atom. The molecule has 0 aromatic heterocycles. The molecule has 94 valence electrons. The second-order valence-electron chi connectivity index (χ2n) is 2.95. The first-order valence-corrected chi connectivity index (χ1v) is 6.38. The minimum Gasteiger partial charge on any atom is -0.488 e. The Labute approximate surface area is 110 Å². The summed E-state index contributed by atoms with van der Waals surface area (Å²) in [5.74, 6) is -0.992. The average Bonchev–Trinajstić information content (AvgIpc) is 2.25. The van der Waals surface area contributed by atoms with Crippen molar-refractivity contribution in [1.82, 2.24) is 0 Å². The van der Waals surface area contributed by atoms with E-state index < -0.39 is 11.9 Å². The molecule has 0 amide bonds. The van der Waals surface area contributed by atoms with Gasteiger partial charge in [0.05, 0.1) is 6.61 Å². The van der Waals surface area contributed by atoms with E-state index >= 15 is 0 Å². The van der Waals surface area contributed by atoms with Gasteiger partial charge in [-0.2, -0.15) is 13.2 Å². The minimum absolute atomic E-state index is 0.0285. The van der Waals surface area contributed by atoms with Crippen LogP contribution in [0.1, 0.15) is 6.92 Å². The lowest BCUT2D eigenvalue weighted by Crippen LogP contribution is -2.15. The number of hydrogen-bond donors (Lipinski definition) is 0. The molecule has 1 nitrogen and oxygen atoms in total. The zero-order valence-corrected chi connectivity index (χ0v) is 11.3. The van der Waals surface area contributed by atoms with Crippen LogP contribution in [0.5, 0.6) is 0 Å². The lowest BCUT2D eigenvalue weighted by Gasteiger charge is -2.14. The molecule has 0 fully saturated rings. The maximum atomic E-state index is 12.6. The molecule has 0 atom stereocenters. The number of benzene rings is 1. The predicted octanol–water partition coefficient (Wildman–Crippen LogP) is 4.94. The summed E-state index contributed by atoms with van der Waals surface area (Å²) in [5, 5.41) is 0. The third-order valence-corrected chi connectivity index (χ3v) is 3.39. The highest BCUT2D eigenvalue weighted by molar-refractivity contribution is 9.14. The van der Waals surface area contributed by atoms with E-state index in [-0.39, 0.29) is 10.4 Å². The van der Waals surface area contributed by atoms with E-state index in [1.807, 2.05) is 0 Å². The van der Waals surface area contributed by atoms with Gasteiger partial charge in [0, 0.05) is 4.90 Å². The molecule has 0 radical (unpaired) electrons. The van der Waals surface area contributed by atoms with Crippen molar-refractivity contribution in [2.24, 2.45) is 0 Å². The van der Waals surface area contributed by atoms with Crippen LogP contribution in [-0.4, -0.2) is 12.8 Å². The number of thioether (sulfide) groups is 1. The molecule has 0 heterocycles. The first-order valence-electron chi connectivity index (χ1n) is 4.77. The average molecular weight is 327 g/mol. The Kier molecular flexibility index (Phi) is 5.39. The molecule has 6 heteroatoms. The molecule has 0 saturated heterocycles. The van der Waals surface area contributed by atoms with E-state index in [1.54, 1.807) is 30.3 Å². The Hall–Kier alpha value is -0.620. The predicted molar refractivity (Wildman–Crippen MR) is 65.9 cm³/mol. The van der Waals surface area contributed by atoms with Gasteiger partial charge < -0.3 is 4.74 Å². The standard InChI is InChI=1S/C11H10BrF3OS/c1-2-16-9(11(13,14)15)10(12)17-8-6-4-3-5-7-8/h3-7H,2H2,1H3/b10-9-.